The summed E-state index contributed by atoms with van der Waals surface area (Å²) in [6, 6.07) is 7.12. The van der Waals surface area contributed by atoms with Crippen LogP contribution in [0, 0.1) is 20.8 Å². The Morgan fingerprint density at radius 1 is 1.21 bits per heavy atom. The molecular weight excluding hydrogens is 324 g/mol. The second kappa shape index (κ2) is 7.92. The maximum Gasteiger partial charge on any atom is 0.250 e. The van der Waals surface area contributed by atoms with Crippen molar-refractivity contribution in [3.05, 3.63) is 46.8 Å². The lowest BCUT2D eigenvalue weighted by Gasteiger charge is -2.06. The first-order valence-corrected chi connectivity index (χ1v) is 8.42. The van der Waals surface area contributed by atoms with Crippen LogP contribution < -0.4 is 5.43 Å². The Kier molecular flexibility index (Phi) is 5.92. The monoisotopic (exact) mass is 344 g/mol. The number of carbonyl (C=O) groups is 1. The molecule has 0 radical (unpaired) electrons. The Bertz CT molecular complexity index is 770. The molecule has 1 aromatic carbocycles. The summed E-state index contributed by atoms with van der Waals surface area (Å²) in [5.74, 6) is 0.0443. The third kappa shape index (κ3) is 5.06. The summed E-state index contributed by atoms with van der Waals surface area (Å²) in [5.41, 5.74) is 6.37. The molecule has 24 heavy (non-hydrogen) atoms. The largest absolute Gasteiger partial charge is 0.507 e. The Morgan fingerprint density at radius 2 is 1.88 bits per heavy atom. The fraction of sp³-hybridized carbons (Fsp3) is 0.294. The maximum atomic E-state index is 11.9. The number of carbonyl (C=O) groups excluding carboxylic acids is 1. The molecule has 0 bridgehead atoms. The highest BCUT2D eigenvalue weighted by atomic mass is 32.2. The first kappa shape index (κ1) is 17.9. The summed E-state index contributed by atoms with van der Waals surface area (Å²) in [7, 11) is 0. The van der Waals surface area contributed by atoms with E-state index in [1.165, 1.54) is 11.8 Å². The molecule has 1 amide bonds. The Labute approximate surface area is 145 Å². The van der Waals surface area contributed by atoms with E-state index in [0.717, 1.165) is 17.0 Å². The zero-order valence-electron chi connectivity index (χ0n) is 14.1. The minimum Gasteiger partial charge on any atom is -0.507 e. The summed E-state index contributed by atoms with van der Waals surface area (Å²) in [5, 5.41) is 14.5. The zero-order valence-corrected chi connectivity index (χ0v) is 14.9. The molecule has 0 unspecified atom stereocenters. The van der Waals surface area contributed by atoms with E-state index in [-0.39, 0.29) is 17.4 Å². The molecule has 0 spiro atoms. The number of nitrogens with zero attached hydrogens (tertiary/aromatic N) is 3. The molecule has 0 saturated heterocycles. The van der Waals surface area contributed by atoms with Crippen LogP contribution in [0.4, 0.5) is 0 Å². The predicted molar refractivity (Wildman–Crippen MR) is 95.4 cm³/mol. The third-order valence-electron chi connectivity index (χ3n) is 3.18. The Hall–Kier alpha value is -2.41. The molecule has 2 N–H and O–H groups in total. The molecule has 0 atom stereocenters. The molecular formula is C17H20N4O2S. The van der Waals surface area contributed by atoms with Crippen molar-refractivity contribution in [1.29, 1.82) is 0 Å². The fourth-order valence-corrected chi connectivity index (χ4v) is 2.81. The summed E-state index contributed by atoms with van der Waals surface area (Å²) in [4.78, 5) is 20.5. The van der Waals surface area contributed by atoms with E-state index in [0.29, 0.717) is 16.4 Å². The van der Waals surface area contributed by atoms with E-state index in [1.54, 1.807) is 13.0 Å². The molecule has 0 aliphatic carbocycles. The topological polar surface area (TPSA) is 87.5 Å². The van der Waals surface area contributed by atoms with Crippen molar-refractivity contribution in [2.45, 2.75) is 32.9 Å². The number of hydrogen-bond acceptors (Lipinski definition) is 6. The van der Waals surface area contributed by atoms with Gasteiger partial charge in [0.1, 0.15) is 5.75 Å². The second-order valence-electron chi connectivity index (χ2n) is 5.47. The first-order chi connectivity index (χ1) is 11.3. The van der Waals surface area contributed by atoms with Crippen LogP contribution in [0.15, 0.2) is 34.5 Å². The van der Waals surface area contributed by atoms with Gasteiger partial charge in [0, 0.05) is 17.0 Å². The number of thioether (sulfide) groups is 1. The van der Waals surface area contributed by atoms with Crippen molar-refractivity contribution >= 4 is 23.4 Å². The Morgan fingerprint density at radius 3 is 2.54 bits per heavy atom. The molecule has 7 heteroatoms. The van der Waals surface area contributed by atoms with Crippen molar-refractivity contribution in [2.75, 3.05) is 5.75 Å². The number of phenols is 1. The molecule has 1 heterocycles. The van der Waals surface area contributed by atoms with Gasteiger partial charge in [0.15, 0.2) is 5.16 Å². The van der Waals surface area contributed by atoms with Gasteiger partial charge in [0.2, 0.25) is 0 Å². The fourth-order valence-electron chi connectivity index (χ4n) is 2.07. The van der Waals surface area contributed by atoms with Gasteiger partial charge in [-0.05, 0) is 45.9 Å². The third-order valence-corrected chi connectivity index (χ3v) is 4.03. The van der Waals surface area contributed by atoms with Crippen molar-refractivity contribution in [3.8, 4) is 5.75 Å². The van der Waals surface area contributed by atoms with Gasteiger partial charge in [0.25, 0.3) is 5.91 Å². The molecule has 0 aliphatic heterocycles. The number of rotatable bonds is 5. The lowest BCUT2D eigenvalue weighted by molar-refractivity contribution is -0.118. The van der Waals surface area contributed by atoms with Gasteiger partial charge >= 0.3 is 0 Å². The number of benzene rings is 1. The van der Waals surface area contributed by atoms with Crippen LogP contribution in [0.1, 0.15) is 29.4 Å². The zero-order chi connectivity index (χ0) is 17.7. The standard InChI is InChI=1S/C17H20N4O2S/c1-10-5-6-15(22)14(7-10)13(4)20-21-16(23)9-24-17-18-11(2)8-12(3)19-17/h5-8,22H,9H2,1-4H3,(H,21,23)/b20-13+. The van der Waals surface area contributed by atoms with E-state index in [4.69, 9.17) is 0 Å². The molecule has 1 aromatic heterocycles. The van der Waals surface area contributed by atoms with Crippen LogP contribution in [-0.2, 0) is 4.79 Å². The van der Waals surface area contributed by atoms with Crippen LogP contribution in [0.5, 0.6) is 5.75 Å². The predicted octanol–water partition coefficient (Wildman–Crippen LogP) is 2.74. The molecule has 0 aliphatic rings. The van der Waals surface area contributed by atoms with Gasteiger partial charge in [-0.3, -0.25) is 4.79 Å². The number of hydrogen-bond donors (Lipinski definition) is 2. The number of aryl methyl sites for hydroxylation is 3. The summed E-state index contributed by atoms with van der Waals surface area (Å²) < 4.78 is 0. The normalized spacial score (nSPS) is 11.4. The van der Waals surface area contributed by atoms with Gasteiger partial charge in [-0.25, -0.2) is 15.4 Å². The highest BCUT2D eigenvalue weighted by Crippen LogP contribution is 2.19. The van der Waals surface area contributed by atoms with Crippen molar-refractivity contribution in [3.63, 3.8) is 0 Å². The Balaban J connectivity index is 1.95. The maximum absolute atomic E-state index is 11.9. The quantitative estimate of drug-likeness (QED) is 0.377. The lowest BCUT2D eigenvalue weighted by atomic mass is 10.1. The molecule has 6 nitrogen and oxygen atoms in total. The number of aromatic nitrogens is 2. The van der Waals surface area contributed by atoms with Gasteiger partial charge in [-0.1, -0.05) is 23.4 Å². The van der Waals surface area contributed by atoms with E-state index in [9.17, 15) is 9.90 Å². The smallest absolute Gasteiger partial charge is 0.250 e. The highest BCUT2D eigenvalue weighted by Gasteiger charge is 2.08. The van der Waals surface area contributed by atoms with Crippen LogP contribution in [0.2, 0.25) is 0 Å². The molecule has 0 saturated carbocycles. The van der Waals surface area contributed by atoms with Crippen LogP contribution in [0.3, 0.4) is 0 Å². The number of phenolic OH excluding ortho intramolecular Hbond substituents is 1. The van der Waals surface area contributed by atoms with E-state index < -0.39 is 0 Å². The molecule has 2 aromatic rings. The van der Waals surface area contributed by atoms with E-state index >= 15 is 0 Å². The van der Waals surface area contributed by atoms with E-state index in [1.807, 2.05) is 39.0 Å². The lowest BCUT2D eigenvalue weighted by Crippen LogP contribution is -2.21. The minimum atomic E-state index is -0.255. The second-order valence-corrected chi connectivity index (χ2v) is 6.42. The van der Waals surface area contributed by atoms with Gasteiger partial charge in [0.05, 0.1) is 11.5 Å². The van der Waals surface area contributed by atoms with Gasteiger partial charge in [-0.15, -0.1) is 0 Å². The first-order valence-electron chi connectivity index (χ1n) is 7.43. The van der Waals surface area contributed by atoms with Crippen LogP contribution in [0.25, 0.3) is 0 Å². The molecule has 126 valence electrons. The number of nitrogens with one attached hydrogen (secondary N) is 1. The van der Waals surface area contributed by atoms with Crippen molar-refractivity contribution < 1.29 is 9.90 Å². The average molecular weight is 344 g/mol. The van der Waals surface area contributed by atoms with Gasteiger partial charge in [-0.2, -0.15) is 5.10 Å². The summed E-state index contributed by atoms with van der Waals surface area (Å²) in [6.07, 6.45) is 0. The summed E-state index contributed by atoms with van der Waals surface area (Å²) >= 11 is 1.26. The number of aromatic hydroxyl groups is 1. The van der Waals surface area contributed by atoms with Crippen LogP contribution >= 0.6 is 11.8 Å². The van der Waals surface area contributed by atoms with E-state index in [2.05, 4.69) is 20.5 Å². The minimum absolute atomic E-state index is 0.133. The number of hydrazone groups is 1. The van der Waals surface area contributed by atoms with Gasteiger partial charge < -0.3 is 5.11 Å². The average Bonchev–Trinajstić information content (AvgIpc) is 2.52. The molecule has 2 rings (SSSR count). The van der Waals surface area contributed by atoms with Crippen molar-refractivity contribution in [2.24, 2.45) is 5.10 Å². The highest BCUT2D eigenvalue weighted by molar-refractivity contribution is 7.99. The summed E-state index contributed by atoms with van der Waals surface area (Å²) in [6.45, 7) is 7.44. The molecule has 0 fully saturated rings. The SMILES string of the molecule is C/C(=N\NC(=O)CSc1nc(C)cc(C)n1)c1cc(C)ccc1O. The van der Waals surface area contributed by atoms with Crippen LogP contribution in [-0.4, -0.2) is 32.4 Å². The van der Waals surface area contributed by atoms with Crippen molar-refractivity contribution in [1.82, 2.24) is 15.4 Å². The number of amides is 1.